The summed E-state index contributed by atoms with van der Waals surface area (Å²) in [6, 6.07) is 37.6. The van der Waals surface area contributed by atoms with Crippen LogP contribution in [0.5, 0.6) is 0 Å². The molecule has 5 aromatic rings. The normalized spacial score (nSPS) is 18.3. The Morgan fingerprint density at radius 1 is 0.759 bits per heavy atom. The largest absolute Gasteiger partial charge is 0.468 e. The Balaban J connectivity index is 0.963. The summed E-state index contributed by atoms with van der Waals surface area (Å²) >= 11 is 1.06. The molecule has 24 heteroatoms. The highest BCUT2D eigenvalue weighted by Gasteiger charge is 2.53. The summed E-state index contributed by atoms with van der Waals surface area (Å²) in [5.74, 6) is -5.33. The molecule has 0 saturated carbocycles. The number of carbonyl (C=O) groups excluding carboxylic acids is 10. The third kappa shape index (κ3) is 13.0. The summed E-state index contributed by atoms with van der Waals surface area (Å²) in [5, 5.41) is 8.68. The van der Waals surface area contributed by atoms with Crippen LogP contribution in [-0.2, 0) is 57.9 Å². The maximum absolute atomic E-state index is 14.4. The zero-order valence-electron chi connectivity index (χ0n) is 45.9. The summed E-state index contributed by atoms with van der Waals surface area (Å²) in [6.07, 6.45) is -4.05. The third-order valence-corrected chi connectivity index (χ3v) is 15.3. The Morgan fingerprint density at radius 2 is 1.35 bits per heavy atom. The van der Waals surface area contributed by atoms with Gasteiger partial charge in [0.05, 0.1) is 38.5 Å². The van der Waals surface area contributed by atoms with Crippen LogP contribution in [0, 0.1) is 0 Å². The molecule has 4 atom stereocenters. The Labute approximate surface area is 481 Å². The second kappa shape index (κ2) is 25.5. The number of amides is 9. The van der Waals surface area contributed by atoms with E-state index in [0.717, 1.165) is 11.8 Å². The van der Waals surface area contributed by atoms with E-state index in [2.05, 4.69) is 21.3 Å². The van der Waals surface area contributed by atoms with Gasteiger partial charge in [-0.2, -0.15) is 0 Å². The summed E-state index contributed by atoms with van der Waals surface area (Å²) in [4.78, 5) is 138. The first-order chi connectivity index (χ1) is 39.7. The van der Waals surface area contributed by atoms with E-state index in [9.17, 15) is 47.9 Å². The molecule has 3 aliphatic heterocycles. The average Bonchev–Trinajstić information content (AvgIpc) is 3.54. The second-order valence-corrected chi connectivity index (χ2v) is 21.5. The van der Waals surface area contributed by atoms with Gasteiger partial charge in [0.25, 0.3) is 0 Å². The molecule has 432 valence electrons. The summed E-state index contributed by atoms with van der Waals surface area (Å²) < 4.78 is 27.3. The fraction of sp³-hybridized carbons (Fsp3) is 0.288. The number of piperazine rings is 1. The van der Waals surface area contributed by atoms with Crippen LogP contribution >= 0.6 is 11.8 Å². The van der Waals surface area contributed by atoms with Gasteiger partial charge in [0.2, 0.25) is 11.8 Å². The highest BCUT2D eigenvalue weighted by molar-refractivity contribution is 8.00. The Hall–Kier alpha value is -9.55. The summed E-state index contributed by atoms with van der Waals surface area (Å²) in [5.41, 5.74) is 4.46. The summed E-state index contributed by atoms with van der Waals surface area (Å²) in [6.45, 7) is 4.13. The number of nitrogens with two attached hydrogens (primary N) is 1. The van der Waals surface area contributed by atoms with E-state index in [0.29, 0.717) is 21.6 Å². The molecule has 0 spiro atoms. The number of hydrogen-bond acceptors (Lipinski definition) is 16. The number of rotatable bonds is 18. The van der Waals surface area contributed by atoms with Crippen molar-refractivity contribution >= 4 is 88.7 Å². The molecule has 0 radical (unpaired) electrons. The first-order valence-electron chi connectivity index (χ1n) is 26.2. The number of β-lactam (4-membered cyclic amide) rings is 1. The first kappa shape index (κ1) is 59.6. The van der Waals surface area contributed by atoms with E-state index in [-0.39, 0.29) is 60.0 Å². The maximum Gasteiger partial charge on any atom is 0.412 e. The smallest absolute Gasteiger partial charge is 0.412 e. The zero-order chi connectivity index (χ0) is 59.6. The number of nitrogens with zero attached hydrogens (tertiary/aromatic N) is 3. The number of hydrogen-bond donors (Lipinski definition) is 5. The van der Waals surface area contributed by atoms with Crippen molar-refractivity contribution in [2.45, 2.75) is 62.0 Å². The Kier molecular flexibility index (Phi) is 18.3. The number of thioether (sulfide) groups is 1. The van der Waals surface area contributed by atoms with Crippen molar-refractivity contribution in [1.82, 2.24) is 24.9 Å². The highest BCUT2D eigenvalue weighted by atomic mass is 32.2. The number of carbonyl (C=O) groups is 10. The van der Waals surface area contributed by atoms with Crippen LogP contribution in [-0.4, -0.2) is 133 Å². The number of urea groups is 1. The monoisotopic (exact) mass is 1150 g/mol. The average molecular weight is 1150 g/mol. The molecule has 0 bridgehead atoms. The van der Waals surface area contributed by atoms with Gasteiger partial charge >= 0.3 is 48.1 Å². The number of nitrogens with one attached hydrogen (secondary N) is 4. The number of quaternary nitrogens is 1. The van der Waals surface area contributed by atoms with Crippen LogP contribution < -0.4 is 31.5 Å². The van der Waals surface area contributed by atoms with Gasteiger partial charge in [-0.1, -0.05) is 121 Å². The quantitative estimate of drug-likeness (QED) is 0.0204. The van der Waals surface area contributed by atoms with Gasteiger partial charge in [-0.25, -0.2) is 38.2 Å². The molecule has 8 rings (SSSR count). The minimum Gasteiger partial charge on any atom is -0.468 e. The van der Waals surface area contributed by atoms with Gasteiger partial charge in [-0.15, -0.1) is 11.8 Å². The van der Waals surface area contributed by atoms with Crippen molar-refractivity contribution in [2.24, 2.45) is 5.73 Å². The summed E-state index contributed by atoms with van der Waals surface area (Å²) in [7, 11) is 1.17. The number of benzene rings is 5. The van der Waals surface area contributed by atoms with Crippen LogP contribution in [0.25, 0.3) is 0 Å². The van der Waals surface area contributed by atoms with E-state index < -0.39 is 112 Å². The van der Waals surface area contributed by atoms with Gasteiger partial charge in [0, 0.05) is 22.9 Å². The van der Waals surface area contributed by atoms with Crippen molar-refractivity contribution in [1.29, 1.82) is 0 Å². The van der Waals surface area contributed by atoms with Gasteiger partial charge in [-0.05, 0) is 56.5 Å². The number of fused-ring (bicyclic) bond motifs is 1. The van der Waals surface area contributed by atoms with Crippen LogP contribution in [0.15, 0.2) is 151 Å². The topological polar surface area (TPSA) is 297 Å². The van der Waals surface area contributed by atoms with E-state index in [1.165, 1.54) is 24.1 Å². The zero-order valence-corrected chi connectivity index (χ0v) is 46.7. The molecule has 0 aromatic heterocycles. The predicted octanol–water partition coefficient (Wildman–Crippen LogP) is 6.58. The van der Waals surface area contributed by atoms with Crippen molar-refractivity contribution in [3.05, 3.63) is 173 Å². The number of ether oxygens (including phenoxy) is 5. The lowest BCUT2D eigenvalue weighted by Crippen LogP contribution is -2.69. The molecule has 23 nitrogen and oxygen atoms in total. The van der Waals surface area contributed by atoms with Gasteiger partial charge in [0.1, 0.15) is 42.1 Å². The number of para-hydroxylation sites is 3. The maximum atomic E-state index is 14.4. The number of imide groups is 1. The van der Waals surface area contributed by atoms with Crippen LogP contribution in [0.3, 0.4) is 0 Å². The van der Waals surface area contributed by atoms with Gasteiger partial charge in [-0.3, -0.25) is 34.7 Å². The van der Waals surface area contributed by atoms with Gasteiger partial charge in [0.15, 0.2) is 17.2 Å². The number of primary amides is 1. The molecule has 3 aliphatic rings. The molecule has 9 amide bonds. The lowest BCUT2D eigenvalue weighted by atomic mass is 9.74. The van der Waals surface area contributed by atoms with E-state index in [4.69, 9.17) is 29.4 Å². The minimum atomic E-state index is -1.87. The van der Waals surface area contributed by atoms with Crippen LogP contribution in [0.4, 0.5) is 36.2 Å². The number of methoxy groups -OCH3 is 1. The number of anilines is 2. The van der Waals surface area contributed by atoms with Gasteiger partial charge < -0.3 is 40.1 Å². The van der Waals surface area contributed by atoms with E-state index in [1.54, 1.807) is 155 Å². The number of esters is 2. The second-order valence-electron chi connectivity index (χ2n) is 20.2. The fourth-order valence-electron chi connectivity index (χ4n) is 9.94. The Bertz CT molecular complexity index is 3320. The van der Waals surface area contributed by atoms with Crippen LogP contribution in [0.2, 0.25) is 0 Å². The molecule has 2 fully saturated rings. The van der Waals surface area contributed by atoms with Crippen molar-refractivity contribution in [3.63, 3.8) is 0 Å². The molecule has 3 heterocycles. The Morgan fingerprint density at radius 3 is 1.95 bits per heavy atom. The van der Waals surface area contributed by atoms with E-state index in [1.807, 2.05) is 0 Å². The van der Waals surface area contributed by atoms with Crippen molar-refractivity contribution in [2.75, 3.05) is 57.1 Å². The molecule has 6 N–H and O–H groups in total. The van der Waals surface area contributed by atoms with E-state index >= 15 is 0 Å². The molecule has 2 saturated heterocycles. The van der Waals surface area contributed by atoms with Crippen LogP contribution in [0.1, 0.15) is 62.5 Å². The van der Waals surface area contributed by atoms with Crippen molar-refractivity contribution in [3.8, 4) is 0 Å². The molecule has 83 heavy (non-hydrogen) atoms. The molecule has 0 aliphatic carbocycles. The molecule has 5 aromatic carbocycles. The predicted molar refractivity (Wildman–Crippen MR) is 302 cm³/mol. The SMILES string of the molecule is CC[N+]1(c2ccccc2NC(=O)OCC(C(=O)OC)(c2ccccc2)c2ccccc2NC(=O)OC(C)(C)C)CCN(C(=O)NCC(=O)N[C@@H]2S[C@H]3CC(=O)N3C(C(=O)OC(c3ccccc3)c3ccccc3)=C2COC(N)=O)C(=O)C1=O. The third-order valence-electron chi connectivity index (χ3n) is 13.9. The minimum absolute atomic E-state index is 0.0112. The molecular formula is C59H61N8O15S+. The fourth-order valence-corrected chi connectivity index (χ4v) is 11.4. The number of likely N-dealkylation sites (N-methyl/N-ethyl adjacent to an activating group) is 1. The highest BCUT2D eigenvalue weighted by Crippen LogP contribution is 2.45. The first-order valence-corrected chi connectivity index (χ1v) is 27.2. The van der Waals surface area contributed by atoms with Crippen molar-refractivity contribution < 1.29 is 71.6 Å². The standard InChI is InChI=1S/C59H60N8O15S/c1-6-67(43-29-19-18-28-42(43)63-56(76)80-35-59(53(73)78-5,38-24-14-9-15-25-38)40-26-16-17-27-41(40)62-57(77)82-58(2,3)4)31-30-65(50(70)51(67)71)55(75)61-33-44(68)64-49-39(34-79-54(60)74)47(66-45(69)32-46(66)83-49)52(72)81-48(36-20-10-7-11-21-36)37-22-12-8-13-23-37/h7-29,46,48-49H,6,30-35H2,1-5H3,(H5-,60,61,62,63,64,68,74,75,76,77)/p+1/t46-,49+,59?,67?/m0/s1. The molecule has 2 unspecified atom stereocenters. The molecular weight excluding hydrogens is 1090 g/mol. The lowest BCUT2D eigenvalue weighted by molar-refractivity contribution is -0.152. The lowest BCUT2D eigenvalue weighted by Gasteiger charge is -2.47.